The summed E-state index contributed by atoms with van der Waals surface area (Å²) in [6.45, 7) is 0.0178. The number of carbonyl (C=O) groups is 1. The smallest absolute Gasteiger partial charge is 0.338 e. The van der Waals surface area contributed by atoms with Crippen LogP contribution in [0.5, 0.6) is 0 Å². The Bertz CT molecular complexity index is 643. The normalized spacial score (nSPS) is 10.1. The SMILES string of the molecule is O=C(OCc1ccccc1)c1cc(F)cc([N+](=O)[O-])c1. The summed E-state index contributed by atoms with van der Waals surface area (Å²) < 4.78 is 18.2. The van der Waals surface area contributed by atoms with Crippen molar-refractivity contribution in [1.29, 1.82) is 0 Å². The minimum Gasteiger partial charge on any atom is -0.457 e. The van der Waals surface area contributed by atoms with Crippen LogP contribution in [0.4, 0.5) is 10.1 Å². The van der Waals surface area contributed by atoms with Crippen molar-refractivity contribution in [2.24, 2.45) is 0 Å². The van der Waals surface area contributed by atoms with Crippen molar-refractivity contribution < 1.29 is 18.8 Å². The van der Waals surface area contributed by atoms with Crippen LogP contribution in [-0.2, 0) is 11.3 Å². The number of benzene rings is 2. The Balaban J connectivity index is 2.11. The van der Waals surface area contributed by atoms with Crippen molar-refractivity contribution >= 4 is 11.7 Å². The highest BCUT2D eigenvalue weighted by molar-refractivity contribution is 5.90. The molecule has 0 N–H and O–H groups in total. The van der Waals surface area contributed by atoms with Crippen LogP contribution in [0.15, 0.2) is 48.5 Å². The molecule has 0 aliphatic rings. The van der Waals surface area contributed by atoms with E-state index < -0.39 is 22.4 Å². The quantitative estimate of drug-likeness (QED) is 0.488. The van der Waals surface area contributed by atoms with Crippen molar-refractivity contribution in [3.05, 3.63) is 75.6 Å². The third-order valence-electron chi connectivity index (χ3n) is 2.54. The van der Waals surface area contributed by atoms with Gasteiger partial charge in [0, 0.05) is 6.07 Å². The Morgan fingerprint density at radius 2 is 1.90 bits per heavy atom. The zero-order valence-corrected chi connectivity index (χ0v) is 10.3. The van der Waals surface area contributed by atoms with Gasteiger partial charge in [-0.1, -0.05) is 30.3 Å². The monoisotopic (exact) mass is 275 g/mol. The Labute approximate surface area is 113 Å². The summed E-state index contributed by atoms with van der Waals surface area (Å²) in [6.07, 6.45) is 0. The van der Waals surface area contributed by atoms with E-state index in [4.69, 9.17) is 4.74 Å². The average Bonchev–Trinajstić information content (AvgIpc) is 2.45. The van der Waals surface area contributed by atoms with Crippen LogP contribution < -0.4 is 0 Å². The minimum atomic E-state index is -0.856. The second-order valence-corrected chi connectivity index (χ2v) is 4.02. The van der Waals surface area contributed by atoms with E-state index >= 15 is 0 Å². The fourth-order valence-electron chi connectivity index (χ4n) is 1.60. The minimum absolute atomic E-state index is 0.0178. The van der Waals surface area contributed by atoms with Crippen LogP contribution in [0.25, 0.3) is 0 Å². The van der Waals surface area contributed by atoms with E-state index in [2.05, 4.69) is 0 Å². The van der Waals surface area contributed by atoms with Crippen LogP contribution >= 0.6 is 0 Å². The standard InChI is InChI=1S/C14H10FNO4/c15-12-6-11(7-13(8-12)16(18)19)14(17)20-9-10-4-2-1-3-5-10/h1-8H,9H2. The molecule has 0 heterocycles. The van der Waals surface area contributed by atoms with Gasteiger partial charge in [0.1, 0.15) is 12.4 Å². The number of carbonyl (C=O) groups excluding carboxylic acids is 1. The molecule has 6 heteroatoms. The highest BCUT2D eigenvalue weighted by Gasteiger charge is 2.15. The molecular weight excluding hydrogens is 265 g/mol. The number of nitrogens with zero attached hydrogens (tertiary/aromatic N) is 1. The molecule has 0 spiro atoms. The Hall–Kier alpha value is -2.76. The van der Waals surface area contributed by atoms with Gasteiger partial charge >= 0.3 is 5.97 Å². The second-order valence-electron chi connectivity index (χ2n) is 4.02. The number of hydrogen-bond donors (Lipinski definition) is 0. The molecule has 2 aromatic carbocycles. The Kier molecular flexibility index (Phi) is 4.05. The van der Waals surface area contributed by atoms with Crippen molar-refractivity contribution in [2.75, 3.05) is 0 Å². The number of halogens is 1. The fourth-order valence-corrected chi connectivity index (χ4v) is 1.60. The molecule has 102 valence electrons. The molecule has 0 saturated carbocycles. The van der Waals surface area contributed by atoms with E-state index in [0.29, 0.717) is 0 Å². The molecule has 0 amide bonds. The number of nitro groups is 1. The van der Waals surface area contributed by atoms with E-state index in [1.165, 1.54) is 0 Å². The largest absolute Gasteiger partial charge is 0.457 e. The van der Waals surface area contributed by atoms with Gasteiger partial charge in [-0.25, -0.2) is 9.18 Å². The van der Waals surface area contributed by atoms with Gasteiger partial charge in [-0.3, -0.25) is 10.1 Å². The lowest BCUT2D eigenvalue weighted by molar-refractivity contribution is -0.385. The van der Waals surface area contributed by atoms with Gasteiger partial charge in [0.15, 0.2) is 0 Å². The lowest BCUT2D eigenvalue weighted by atomic mass is 10.2. The lowest BCUT2D eigenvalue weighted by Gasteiger charge is -2.05. The van der Waals surface area contributed by atoms with Crippen molar-refractivity contribution in [1.82, 2.24) is 0 Å². The van der Waals surface area contributed by atoms with E-state index in [1.807, 2.05) is 6.07 Å². The molecule has 0 radical (unpaired) electrons. The first-order valence-corrected chi connectivity index (χ1v) is 5.72. The van der Waals surface area contributed by atoms with Crippen molar-refractivity contribution in [3.8, 4) is 0 Å². The highest BCUT2D eigenvalue weighted by atomic mass is 19.1. The number of rotatable bonds is 4. The predicted octanol–water partition coefficient (Wildman–Crippen LogP) is 3.09. The van der Waals surface area contributed by atoms with Gasteiger partial charge in [0.2, 0.25) is 0 Å². The molecule has 0 saturated heterocycles. The Morgan fingerprint density at radius 1 is 1.20 bits per heavy atom. The molecule has 0 atom stereocenters. The third-order valence-corrected chi connectivity index (χ3v) is 2.54. The number of nitro benzene ring substituents is 1. The molecule has 0 aliphatic carbocycles. The van der Waals surface area contributed by atoms with Gasteiger partial charge in [-0.2, -0.15) is 0 Å². The zero-order valence-electron chi connectivity index (χ0n) is 10.3. The van der Waals surface area contributed by atoms with Gasteiger partial charge in [0.05, 0.1) is 16.6 Å². The second kappa shape index (κ2) is 5.92. The maximum Gasteiger partial charge on any atom is 0.338 e. The third kappa shape index (κ3) is 3.38. The lowest BCUT2D eigenvalue weighted by Crippen LogP contribution is -2.06. The van der Waals surface area contributed by atoms with Crippen molar-refractivity contribution in [3.63, 3.8) is 0 Å². The number of esters is 1. The molecule has 0 aliphatic heterocycles. The number of ether oxygens (including phenoxy) is 1. The molecule has 0 unspecified atom stereocenters. The van der Waals surface area contributed by atoms with E-state index in [1.54, 1.807) is 24.3 Å². The summed E-state index contributed by atoms with van der Waals surface area (Å²) in [5.41, 5.74) is 0.0936. The summed E-state index contributed by atoms with van der Waals surface area (Å²) in [5, 5.41) is 10.6. The maximum atomic E-state index is 13.2. The van der Waals surface area contributed by atoms with Crippen LogP contribution in [0.1, 0.15) is 15.9 Å². The van der Waals surface area contributed by atoms with E-state index in [-0.39, 0.29) is 12.2 Å². The molecule has 0 aromatic heterocycles. The van der Waals surface area contributed by atoms with Gasteiger partial charge < -0.3 is 4.74 Å². The Morgan fingerprint density at radius 3 is 2.55 bits per heavy atom. The topological polar surface area (TPSA) is 69.4 Å². The van der Waals surface area contributed by atoms with Crippen LogP contribution in [-0.4, -0.2) is 10.9 Å². The molecule has 2 aromatic rings. The fraction of sp³-hybridized carbons (Fsp3) is 0.0714. The van der Waals surface area contributed by atoms with E-state index in [9.17, 15) is 19.3 Å². The van der Waals surface area contributed by atoms with Gasteiger partial charge in [-0.05, 0) is 11.6 Å². The van der Waals surface area contributed by atoms with Crippen LogP contribution in [0.2, 0.25) is 0 Å². The van der Waals surface area contributed by atoms with E-state index in [0.717, 1.165) is 23.8 Å². The first kappa shape index (κ1) is 13.7. The average molecular weight is 275 g/mol. The van der Waals surface area contributed by atoms with Crippen LogP contribution in [0, 0.1) is 15.9 Å². The molecule has 0 bridgehead atoms. The van der Waals surface area contributed by atoms with Gasteiger partial charge in [0.25, 0.3) is 5.69 Å². The molecule has 0 fully saturated rings. The summed E-state index contributed by atoms with van der Waals surface area (Å²) in [7, 11) is 0. The maximum absolute atomic E-state index is 13.2. The first-order chi connectivity index (χ1) is 9.56. The summed E-state index contributed by atoms with van der Waals surface area (Å²) >= 11 is 0. The molecule has 20 heavy (non-hydrogen) atoms. The molecular formula is C14H10FNO4. The summed E-state index contributed by atoms with van der Waals surface area (Å²) in [5.74, 6) is -1.66. The molecule has 2 rings (SSSR count). The zero-order chi connectivity index (χ0) is 14.5. The molecule has 5 nitrogen and oxygen atoms in total. The van der Waals surface area contributed by atoms with Gasteiger partial charge in [-0.15, -0.1) is 0 Å². The summed E-state index contributed by atoms with van der Waals surface area (Å²) in [4.78, 5) is 21.6. The summed E-state index contributed by atoms with van der Waals surface area (Å²) in [6, 6.07) is 11.6. The van der Waals surface area contributed by atoms with Crippen LogP contribution in [0.3, 0.4) is 0 Å². The predicted molar refractivity (Wildman–Crippen MR) is 68.6 cm³/mol. The highest BCUT2D eigenvalue weighted by Crippen LogP contribution is 2.17. The number of non-ortho nitro benzene ring substituents is 1. The first-order valence-electron chi connectivity index (χ1n) is 5.72. The number of hydrogen-bond acceptors (Lipinski definition) is 4. The van der Waals surface area contributed by atoms with Crippen molar-refractivity contribution in [2.45, 2.75) is 6.61 Å².